The summed E-state index contributed by atoms with van der Waals surface area (Å²) in [6.45, 7) is 0. The molecule has 0 aliphatic heterocycles. The molecule has 0 unspecified atom stereocenters. The molecular formula is C11H8FNO. The lowest BCUT2D eigenvalue weighted by molar-refractivity contribution is 0.551. The lowest BCUT2D eigenvalue weighted by Gasteiger charge is -2.30. The number of fused-ring (bicyclic) bond motifs is 2. The Morgan fingerprint density at radius 1 is 1.00 bits per heavy atom. The molecule has 2 nitrogen and oxygen atoms in total. The van der Waals surface area contributed by atoms with E-state index < -0.39 is 0 Å². The molecule has 2 aliphatic rings. The highest BCUT2D eigenvalue weighted by molar-refractivity contribution is 5.69. The van der Waals surface area contributed by atoms with E-state index in [0.717, 1.165) is 47.9 Å². The van der Waals surface area contributed by atoms with Crippen molar-refractivity contribution in [3.8, 4) is 0 Å². The van der Waals surface area contributed by atoms with Crippen LogP contribution in [0.2, 0.25) is 0 Å². The SMILES string of the molecule is O=C=Nc1c2c(c(F)c3c1CC3)CC2. The molecule has 0 fully saturated rings. The van der Waals surface area contributed by atoms with Crippen molar-refractivity contribution in [2.75, 3.05) is 0 Å². The minimum absolute atomic E-state index is 0.0441. The van der Waals surface area contributed by atoms with E-state index in [4.69, 9.17) is 0 Å². The number of aliphatic imine (C=N–C) groups is 1. The van der Waals surface area contributed by atoms with Crippen molar-refractivity contribution in [2.45, 2.75) is 25.7 Å². The summed E-state index contributed by atoms with van der Waals surface area (Å²) in [5.41, 5.74) is 4.13. The molecule has 0 radical (unpaired) electrons. The summed E-state index contributed by atoms with van der Waals surface area (Å²) in [6, 6.07) is 0. The average Bonchev–Trinajstić information content (AvgIpc) is 1.98. The Hall–Kier alpha value is -1.47. The Balaban J connectivity index is 2.35. The number of isocyanates is 1. The number of rotatable bonds is 1. The van der Waals surface area contributed by atoms with Gasteiger partial charge in [0.05, 0.1) is 5.69 Å². The van der Waals surface area contributed by atoms with E-state index in [0.29, 0.717) is 5.69 Å². The quantitative estimate of drug-likeness (QED) is 0.490. The van der Waals surface area contributed by atoms with Gasteiger partial charge in [-0.3, -0.25) is 0 Å². The van der Waals surface area contributed by atoms with Crippen LogP contribution in [0.15, 0.2) is 4.99 Å². The second kappa shape index (κ2) is 2.52. The van der Waals surface area contributed by atoms with Gasteiger partial charge in [-0.25, -0.2) is 9.18 Å². The first-order valence-electron chi connectivity index (χ1n) is 4.75. The van der Waals surface area contributed by atoms with Crippen LogP contribution < -0.4 is 0 Å². The highest BCUT2D eigenvalue weighted by Gasteiger charge is 2.32. The predicted molar refractivity (Wildman–Crippen MR) is 49.0 cm³/mol. The van der Waals surface area contributed by atoms with Gasteiger partial charge in [0.25, 0.3) is 0 Å². The second-order valence-corrected chi connectivity index (χ2v) is 3.78. The molecular weight excluding hydrogens is 181 g/mol. The van der Waals surface area contributed by atoms with Crippen LogP contribution in [0.5, 0.6) is 0 Å². The second-order valence-electron chi connectivity index (χ2n) is 3.78. The molecule has 14 heavy (non-hydrogen) atoms. The summed E-state index contributed by atoms with van der Waals surface area (Å²) in [6.07, 6.45) is 4.83. The Morgan fingerprint density at radius 3 is 1.86 bits per heavy atom. The van der Waals surface area contributed by atoms with Crippen LogP contribution in [-0.4, -0.2) is 6.08 Å². The van der Waals surface area contributed by atoms with Crippen LogP contribution in [0.4, 0.5) is 10.1 Å². The largest absolute Gasteiger partial charge is 0.240 e. The van der Waals surface area contributed by atoms with Crippen molar-refractivity contribution in [3.05, 3.63) is 28.1 Å². The number of halogens is 1. The first kappa shape index (κ1) is 7.89. The highest BCUT2D eigenvalue weighted by atomic mass is 19.1. The van der Waals surface area contributed by atoms with Gasteiger partial charge >= 0.3 is 0 Å². The third kappa shape index (κ3) is 0.758. The van der Waals surface area contributed by atoms with Crippen LogP contribution in [-0.2, 0) is 30.5 Å². The molecule has 0 N–H and O–H groups in total. The van der Waals surface area contributed by atoms with E-state index in [1.54, 1.807) is 6.08 Å². The van der Waals surface area contributed by atoms with E-state index in [-0.39, 0.29) is 5.82 Å². The predicted octanol–water partition coefficient (Wildman–Crippen LogP) is 1.99. The number of hydrogen-bond acceptors (Lipinski definition) is 2. The van der Waals surface area contributed by atoms with Crippen LogP contribution in [0, 0.1) is 5.82 Å². The fourth-order valence-electron chi connectivity index (χ4n) is 2.30. The third-order valence-corrected chi connectivity index (χ3v) is 3.24. The van der Waals surface area contributed by atoms with Gasteiger partial charge in [0, 0.05) is 0 Å². The molecule has 2 aliphatic carbocycles. The van der Waals surface area contributed by atoms with E-state index in [9.17, 15) is 9.18 Å². The molecule has 1 aromatic rings. The van der Waals surface area contributed by atoms with Crippen molar-refractivity contribution < 1.29 is 9.18 Å². The molecule has 0 spiro atoms. The van der Waals surface area contributed by atoms with E-state index in [1.165, 1.54) is 0 Å². The van der Waals surface area contributed by atoms with Crippen LogP contribution >= 0.6 is 0 Å². The molecule has 0 bridgehead atoms. The van der Waals surface area contributed by atoms with Gasteiger partial charge in [-0.2, -0.15) is 4.99 Å². The normalized spacial score (nSPS) is 15.8. The highest BCUT2D eigenvalue weighted by Crippen LogP contribution is 2.44. The zero-order valence-electron chi connectivity index (χ0n) is 7.56. The fraction of sp³-hybridized carbons (Fsp3) is 0.364. The molecule has 3 heteroatoms. The average molecular weight is 189 g/mol. The molecule has 1 aromatic carbocycles. The molecule has 0 heterocycles. The Bertz CT molecular complexity index is 454. The smallest absolute Gasteiger partial charge is 0.211 e. The number of carbonyl (C=O) groups excluding carboxylic acids is 1. The zero-order valence-corrected chi connectivity index (χ0v) is 7.56. The minimum atomic E-state index is -0.0441. The van der Waals surface area contributed by atoms with Crippen LogP contribution in [0.3, 0.4) is 0 Å². The van der Waals surface area contributed by atoms with Gasteiger partial charge in [0.1, 0.15) is 5.82 Å². The maximum Gasteiger partial charge on any atom is 0.240 e. The maximum atomic E-state index is 13.6. The fourth-order valence-corrected chi connectivity index (χ4v) is 2.30. The summed E-state index contributed by atoms with van der Waals surface area (Å²) < 4.78 is 13.6. The molecule has 0 saturated carbocycles. The molecule has 3 rings (SSSR count). The van der Waals surface area contributed by atoms with Crippen LogP contribution in [0.1, 0.15) is 22.3 Å². The van der Waals surface area contributed by atoms with Crippen LogP contribution in [0.25, 0.3) is 0 Å². The van der Waals surface area contributed by atoms with Crippen molar-refractivity contribution in [1.29, 1.82) is 0 Å². The molecule has 0 atom stereocenters. The van der Waals surface area contributed by atoms with Crippen molar-refractivity contribution in [1.82, 2.24) is 0 Å². The molecule has 70 valence electrons. The summed E-state index contributed by atoms with van der Waals surface area (Å²) in [5.74, 6) is -0.0441. The number of benzene rings is 1. The van der Waals surface area contributed by atoms with E-state index in [2.05, 4.69) is 4.99 Å². The summed E-state index contributed by atoms with van der Waals surface area (Å²) >= 11 is 0. The van der Waals surface area contributed by atoms with Gasteiger partial charge in [0.15, 0.2) is 0 Å². The van der Waals surface area contributed by atoms with Crippen molar-refractivity contribution in [2.24, 2.45) is 4.99 Å². The lowest BCUT2D eigenvalue weighted by Crippen LogP contribution is -2.21. The summed E-state index contributed by atoms with van der Waals surface area (Å²) in [7, 11) is 0. The van der Waals surface area contributed by atoms with Crippen molar-refractivity contribution in [3.63, 3.8) is 0 Å². The number of hydrogen-bond donors (Lipinski definition) is 0. The number of nitrogens with zero attached hydrogens (tertiary/aromatic N) is 1. The van der Waals surface area contributed by atoms with Crippen molar-refractivity contribution >= 4 is 11.8 Å². The standard InChI is InChI=1S/C11H8FNO/c12-10-6-1-3-8(6)11(13-5-14)9-4-2-7(9)10/h1-4H2. The topological polar surface area (TPSA) is 29.4 Å². The Morgan fingerprint density at radius 2 is 1.50 bits per heavy atom. The van der Waals surface area contributed by atoms with E-state index in [1.807, 2.05) is 0 Å². The van der Waals surface area contributed by atoms with Gasteiger partial charge in [0.2, 0.25) is 6.08 Å². The zero-order chi connectivity index (χ0) is 9.71. The summed E-state index contributed by atoms with van der Waals surface area (Å²) in [5, 5.41) is 0. The maximum absolute atomic E-state index is 13.6. The molecule has 0 amide bonds. The first-order chi connectivity index (χ1) is 6.83. The molecule has 0 aromatic heterocycles. The summed E-state index contributed by atoms with van der Waals surface area (Å²) in [4.78, 5) is 13.9. The Labute approximate surface area is 80.5 Å². The van der Waals surface area contributed by atoms with E-state index >= 15 is 0 Å². The van der Waals surface area contributed by atoms with Gasteiger partial charge in [-0.05, 0) is 47.9 Å². The molecule has 0 saturated heterocycles. The monoisotopic (exact) mass is 189 g/mol. The third-order valence-electron chi connectivity index (χ3n) is 3.24. The van der Waals surface area contributed by atoms with Gasteiger partial charge in [-0.15, -0.1) is 0 Å². The first-order valence-corrected chi connectivity index (χ1v) is 4.75. The van der Waals surface area contributed by atoms with Gasteiger partial charge in [-0.1, -0.05) is 0 Å². The minimum Gasteiger partial charge on any atom is -0.211 e. The Kier molecular flexibility index (Phi) is 1.42. The van der Waals surface area contributed by atoms with Gasteiger partial charge < -0.3 is 0 Å². The lowest BCUT2D eigenvalue weighted by atomic mass is 9.76.